The number of oxazole rings is 1. The molecule has 2 aromatic heterocycles. The van der Waals surface area contributed by atoms with Crippen molar-refractivity contribution in [2.45, 2.75) is 25.3 Å². The molecule has 108 valence electrons. The van der Waals surface area contributed by atoms with Gasteiger partial charge < -0.3 is 9.40 Å². The molecule has 4 rings (SSSR count). The van der Waals surface area contributed by atoms with Gasteiger partial charge in [0, 0.05) is 29.6 Å². The van der Waals surface area contributed by atoms with Crippen molar-refractivity contribution in [3.05, 3.63) is 54.4 Å². The van der Waals surface area contributed by atoms with Gasteiger partial charge in [0.15, 0.2) is 6.39 Å². The summed E-state index contributed by atoms with van der Waals surface area (Å²) in [7, 11) is 0. The lowest BCUT2D eigenvalue weighted by atomic mass is 9.94. The van der Waals surface area contributed by atoms with Crippen LogP contribution in [0.5, 0.6) is 0 Å². The van der Waals surface area contributed by atoms with E-state index in [-0.39, 0.29) is 0 Å². The largest absolute Gasteiger partial charge is 0.448 e. The van der Waals surface area contributed by atoms with Gasteiger partial charge >= 0.3 is 0 Å². The summed E-state index contributed by atoms with van der Waals surface area (Å²) < 4.78 is 5.44. The summed E-state index contributed by atoms with van der Waals surface area (Å²) in [6.07, 6.45) is 7.84. The Morgan fingerprint density at radius 3 is 2.90 bits per heavy atom. The van der Waals surface area contributed by atoms with Gasteiger partial charge in [0.25, 0.3) is 0 Å². The Labute approximate surface area is 123 Å². The van der Waals surface area contributed by atoms with Crippen LogP contribution in [-0.4, -0.2) is 28.0 Å². The number of piperidine rings is 1. The zero-order valence-electron chi connectivity index (χ0n) is 12.0. The fourth-order valence-electron chi connectivity index (χ4n) is 3.31. The molecule has 0 spiro atoms. The van der Waals surface area contributed by atoms with E-state index < -0.39 is 0 Å². The molecule has 1 aliphatic rings. The molecule has 0 aliphatic carbocycles. The van der Waals surface area contributed by atoms with Crippen LogP contribution in [-0.2, 0) is 6.54 Å². The fraction of sp³-hybridized carbons (Fsp3) is 0.353. The molecule has 0 bridgehead atoms. The van der Waals surface area contributed by atoms with Gasteiger partial charge in [-0.05, 0) is 37.6 Å². The van der Waals surface area contributed by atoms with Gasteiger partial charge in [-0.2, -0.15) is 0 Å². The van der Waals surface area contributed by atoms with E-state index in [0.29, 0.717) is 5.92 Å². The standard InChI is InChI=1S/C17H19N3O/c1-2-4-16-15(3-1)14(9-19-16)11-20-7-5-13(6-8-20)17-10-18-12-21-17/h1-4,9-10,12-13,19H,5-8,11H2. The van der Waals surface area contributed by atoms with Crippen molar-refractivity contribution in [1.82, 2.24) is 14.9 Å². The Kier molecular flexibility index (Phi) is 3.24. The van der Waals surface area contributed by atoms with Crippen LogP contribution in [0.15, 0.2) is 47.5 Å². The van der Waals surface area contributed by atoms with Crippen LogP contribution in [0.1, 0.15) is 30.1 Å². The van der Waals surface area contributed by atoms with Crippen LogP contribution in [0.4, 0.5) is 0 Å². The van der Waals surface area contributed by atoms with Gasteiger partial charge in [-0.25, -0.2) is 4.98 Å². The molecule has 0 amide bonds. The van der Waals surface area contributed by atoms with Crippen molar-refractivity contribution >= 4 is 10.9 Å². The Morgan fingerprint density at radius 2 is 2.10 bits per heavy atom. The number of likely N-dealkylation sites (tertiary alicyclic amines) is 1. The third-order valence-corrected chi connectivity index (χ3v) is 4.51. The number of nitrogens with one attached hydrogen (secondary N) is 1. The second-order valence-corrected chi connectivity index (χ2v) is 5.81. The molecule has 1 fully saturated rings. The Bertz CT molecular complexity index is 709. The van der Waals surface area contributed by atoms with Crippen molar-refractivity contribution in [2.24, 2.45) is 0 Å². The number of aromatic nitrogens is 2. The van der Waals surface area contributed by atoms with Gasteiger partial charge in [0.1, 0.15) is 5.76 Å². The number of H-pyrrole nitrogens is 1. The fourth-order valence-corrected chi connectivity index (χ4v) is 3.31. The minimum atomic E-state index is 0.534. The molecule has 21 heavy (non-hydrogen) atoms. The number of rotatable bonds is 3. The first-order valence-corrected chi connectivity index (χ1v) is 7.56. The predicted octanol–water partition coefficient (Wildman–Crippen LogP) is 3.54. The topological polar surface area (TPSA) is 45.1 Å². The van der Waals surface area contributed by atoms with E-state index in [1.165, 1.54) is 22.9 Å². The van der Waals surface area contributed by atoms with Gasteiger partial charge in [-0.1, -0.05) is 18.2 Å². The Balaban J connectivity index is 1.43. The number of fused-ring (bicyclic) bond motifs is 1. The number of nitrogens with zero attached hydrogens (tertiary/aromatic N) is 2. The number of benzene rings is 1. The monoisotopic (exact) mass is 281 g/mol. The average Bonchev–Trinajstić information content (AvgIpc) is 3.19. The molecule has 1 N–H and O–H groups in total. The number of hydrogen-bond acceptors (Lipinski definition) is 3. The molecular formula is C17H19N3O. The zero-order chi connectivity index (χ0) is 14.1. The molecule has 1 aromatic carbocycles. The first-order valence-electron chi connectivity index (χ1n) is 7.56. The van der Waals surface area contributed by atoms with Gasteiger partial charge in [-0.15, -0.1) is 0 Å². The van der Waals surface area contributed by atoms with Crippen LogP contribution in [0.3, 0.4) is 0 Å². The highest BCUT2D eigenvalue weighted by molar-refractivity contribution is 5.82. The third-order valence-electron chi connectivity index (χ3n) is 4.51. The Hall–Kier alpha value is -2.07. The minimum Gasteiger partial charge on any atom is -0.448 e. The van der Waals surface area contributed by atoms with Crippen LogP contribution < -0.4 is 0 Å². The molecule has 1 aliphatic heterocycles. The van der Waals surface area contributed by atoms with E-state index in [2.05, 4.69) is 45.3 Å². The van der Waals surface area contributed by atoms with Crippen molar-refractivity contribution in [2.75, 3.05) is 13.1 Å². The summed E-state index contributed by atoms with van der Waals surface area (Å²) in [6.45, 7) is 3.25. The van der Waals surface area contributed by atoms with Crippen LogP contribution in [0.25, 0.3) is 10.9 Å². The molecule has 0 unspecified atom stereocenters. The number of para-hydroxylation sites is 1. The van der Waals surface area contributed by atoms with Gasteiger partial charge in [0.05, 0.1) is 6.20 Å². The molecule has 4 nitrogen and oxygen atoms in total. The summed E-state index contributed by atoms with van der Waals surface area (Å²) in [6, 6.07) is 8.51. The van der Waals surface area contributed by atoms with Crippen LogP contribution >= 0.6 is 0 Å². The van der Waals surface area contributed by atoms with E-state index in [4.69, 9.17) is 4.42 Å². The summed E-state index contributed by atoms with van der Waals surface area (Å²) in [4.78, 5) is 9.92. The maximum Gasteiger partial charge on any atom is 0.180 e. The van der Waals surface area contributed by atoms with E-state index in [9.17, 15) is 0 Å². The van der Waals surface area contributed by atoms with Crippen molar-refractivity contribution in [3.8, 4) is 0 Å². The van der Waals surface area contributed by atoms with Crippen molar-refractivity contribution in [3.63, 3.8) is 0 Å². The molecule has 0 radical (unpaired) electrons. The average molecular weight is 281 g/mol. The third kappa shape index (κ3) is 2.47. The van der Waals surface area contributed by atoms with Crippen molar-refractivity contribution < 1.29 is 4.42 Å². The highest BCUT2D eigenvalue weighted by atomic mass is 16.3. The second kappa shape index (κ2) is 5.37. The van der Waals surface area contributed by atoms with Crippen LogP contribution in [0, 0.1) is 0 Å². The summed E-state index contributed by atoms with van der Waals surface area (Å²) >= 11 is 0. The zero-order valence-corrected chi connectivity index (χ0v) is 12.0. The van der Waals surface area contributed by atoms with E-state index >= 15 is 0 Å². The quantitative estimate of drug-likeness (QED) is 0.798. The normalized spacial score (nSPS) is 17.5. The van der Waals surface area contributed by atoms with E-state index in [1.54, 1.807) is 0 Å². The summed E-state index contributed by atoms with van der Waals surface area (Å²) in [5, 5.41) is 1.34. The van der Waals surface area contributed by atoms with Crippen molar-refractivity contribution in [1.29, 1.82) is 0 Å². The maximum absolute atomic E-state index is 5.44. The summed E-state index contributed by atoms with van der Waals surface area (Å²) in [5.74, 6) is 1.58. The molecular weight excluding hydrogens is 262 g/mol. The van der Waals surface area contributed by atoms with E-state index in [1.807, 2.05) is 6.20 Å². The first-order chi connectivity index (χ1) is 10.4. The van der Waals surface area contributed by atoms with E-state index in [0.717, 1.165) is 38.2 Å². The predicted molar refractivity (Wildman–Crippen MR) is 82.1 cm³/mol. The molecule has 3 aromatic rings. The minimum absolute atomic E-state index is 0.534. The molecule has 1 saturated heterocycles. The lowest BCUT2D eigenvalue weighted by molar-refractivity contribution is 0.196. The van der Waals surface area contributed by atoms with Gasteiger partial charge in [0.2, 0.25) is 0 Å². The SMILES string of the molecule is c1ccc2c(CN3CCC(c4cnco4)CC3)c[nH]c2c1. The Morgan fingerprint density at radius 1 is 1.24 bits per heavy atom. The molecule has 0 atom stereocenters. The lowest BCUT2D eigenvalue weighted by Crippen LogP contribution is -2.32. The lowest BCUT2D eigenvalue weighted by Gasteiger charge is -2.30. The number of aromatic amines is 1. The summed E-state index contributed by atoms with van der Waals surface area (Å²) in [5.41, 5.74) is 2.62. The smallest absolute Gasteiger partial charge is 0.180 e. The maximum atomic E-state index is 5.44. The van der Waals surface area contributed by atoms with Gasteiger partial charge in [-0.3, -0.25) is 4.90 Å². The highest BCUT2D eigenvalue weighted by Crippen LogP contribution is 2.29. The molecule has 0 saturated carbocycles. The molecule has 3 heterocycles. The second-order valence-electron chi connectivity index (χ2n) is 5.81. The number of hydrogen-bond donors (Lipinski definition) is 1. The molecule has 4 heteroatoms. The first kappa shape index (κ1) is 12.7. The van der Waals surface area contributed by atoms with Crippen LogP contribution in [0.2, 0.25) is 0 Å². The highest BCUT2D eigenvalue weighted by Gasteiger charge is 2.23.